The van der Waals surface area contributed by atoms with Gasteiger partial charge in [-0.05, 0) is 43.9 Å². The third kappa shape index (κ3) is 6.78. The van der Waals surface area contributed by atoms with Gasteiger partial charge in [-0.15, -0.1) is 0 Å². The summed E-state index contributed by atoms with van der Waals surface area (Å²) in [6.07, 6.45) is 5.48. The lowest BCUT2D eigenvalue weighted by Crippen LogP contribution is -2.53. The summed E-state index contributed by atoms with van der Waals surface area (Å²) < 4.78 is 38.0. The lowest BCUT2D eigenvalue weighted by atomic mass is 10.1. The van der Waals surface area contributed by atoms with Crippen LogP contribution >= 0.6 is 0 Å². The van der Waals surface area contributed by atoms with E-state index in [4.69, 9.17) is 9.47 Å². The topological polar surface area (TPSA) is 105 Å². The number of benzene rings is 2. The van der Waals surface area contributed by atoms with E-state index in [0.29, 0.717) is 36.8 Å². The molecule has 2 aromatic carbocycles. The molecule has 1 heterocycles. The first-order valence-electron chi connectivity index (χ1n) is 13.2. The average Bonchev–Trinajstić information content (AvgIpc) is 3.40. The summed E-state index contributed by atoms with van der Waals surface area (Å²) in [7, 11) is -3.83. The summed E-state index contributed by atoms with van der Waals surface area (Å²) in [5.41, 5.74) is 2.24. The van der Waals surface area contributed by atoms with E-state index in [2.05, 4.69) is 5.32 Å². The Labute approximate surface area is 225 Å². The van der Waals surface area contributed by atoms with Crippen LogP contribution in [0, 0.1) is 6.92 Å². The summed E-state index contributed by atoms with van der Waals surface area (Å²) in [6, 6.07) is 11.9. The number of aryl methyl sites for hydroxylation is 1. The van der Waals surface area contributed by atoms with E-state index in [1.807, 2.05) is 38.1 Å². The van der Waals surface area contributed by atoms with Gasteiger partial charge in [0.05, 0.1) is 11.9 Å². The molecule has 206 valence electrons. The minimum Gasteiger partial charge on any atom is -0.486 e. The highest BCUT2D eigenvalue weighted by atomic mass is 32.2. The number of ether oxygens (including phenoxy) is 2. The zero-order valence-electron chi connectivity index (χ0n) is 22.3. The number of rotatable bonds is 10. The van der Waals surface area contributed by atoms with Crippen molar-refractivity contribution < 1.29 is 27.5 Å². The van der Waals surface area contributed by atoms with E-state index in [-0.39, 0.29) is 18.5 Å². The number of amides is 2. The lowest BCUT2D eigenvalue weighted by Gasteiger charge is -2.33. The zero-order chi connectivity index (χ0) is 27.3. The SMILES string of the molecule is CC[C@H](C(=O)NC1CCCC1)N(Cc1ccc(C)cc1)C(=O)CN(c1ccc2c(c1)OCCO2)S(C)(=O)=O. The summed E-state index contributed by atoms with van der Waals surface area (Å²) in [6.45, 7) is 4.35. The normalized spacial score (nSPS) is 16.1. The molecule has 10 heteroatoms. The Balaban J connectivity index is 1.62. The van der Waals surface area contributed by atoms with E-state index in [1.54, 1.807) is 18.2 Å². The Morgan fingerprint density at radius 1 is 1.03 bits per heavy atom. The number of carbonyl (C=O) groups excluding carboxylic acids is 2. The van der Waals surface area contributed by atoms with Gasteiger partial charge in [0.1, 0.15) is 25.8 Å². The maximum Gasteiger partial charge on any atom is 0.244 e. The molecule has 1 aliphatic carbocycles. The number of sulfonamides is 1. The van der Waals surface area contributed by atoms with Gasteiger partial charge in [-0.25, -0.2) is 8.42 Å². The molecule has 1 N–H and O–H groups in total. The number of nitrogens with one attached hydrogen (secondary N) is 1. The minimum absolute atomic E-state index is 0.109. The third-order valence-electron chi connectivity index (χ3n) is 7.05. The summed E-state index contributed by atoms with van der Waals surface area (Å²) in [5, 5.41) is 3.11. The second-order valence-corrected chi connectivity index (χ2v) is 11.9. The zero-order valence-corrected chi connectivity index (χ0v) is 23.1. The number of nitrogens with zero attached hydrogens (tertiary/aromatic N) is 2. The van der Waals surface area contributed by atoms with Gasteiger partial charge in [-0.1, -0.05) is 49.6 Å². The van der Waals surface area contributed by atoms with Crippen LogP contribution in [0.1, 0.15) is 50.2 Å². The van der Waals surface area contributed by atoms with Crippen molar-refractivity contribution in [3.05, 3.63) is 53.6 Å². The van der Waals surface area contributed by atoms with Crippen LogP contribution in [0.15, 0.2) is 42.5 Å². The Kier molecular flexibility index (Phi) is 8.81. The average molecular weight is 544 g/mol. The van der Waals surface area contributed by atoms with E-state index in [0.717, 1.165) is 47.4 Å². The standard InChI is InChI=1S/C28H37N3O6S/c1-4-24(28(33)29-22-7-5-6-8-22)30(18-21-11-9-20(2)10-12-21)27(32)19-31(38(3,34)35)23-13-14-25-26(17-23)37-16-15-36-25/h9-14,17,22,24H,4-8,15-16,18-19H2,1-3H3,(H,29,33)/t24-/m1/s1. The molecular formula is C28H37N3O6S. The van der Waals surface area contributed by atoms with E-state index >= 15 is 0 Å². The number of hydrogen-bond donors (Lipinski definition) is 1. The van der Waals surface area contributed by atoms with Crippen LogP contribution in [0.2, 0.25) is 0 Å². The van der Waals surface area contributed by atoms with Crippen LogP contribution in [0.25, 0.3) is 0 Å². The first kappa shape index (κ1) is 27.8. The van der Waals surface area contributed by atoms with Gasteiger partial charge in [0.25, 0.3) is 0 Å². The van der Waals surface area contributed by atoms with Crippen molar-refractivity contribution in [1.29, 1.82) is 0 Å². The molecule has 0 radical (unpaired) electrons. The van der Waals surface area contributed by atoms with Gasteiger partial charge < -0.3 is 19.7 Å². The van der Waals surface area contributed by atoms with Gasteiger partial charge in [0, 0.05) is 18.7 Å². The molecule has 1 fully saturated rings. The van der Waals surface area contributed by atoms with Crippen molar-refractivity contribution in [3.63, 3.8) is 0 Å². The van der Waals surface area contributed by atoms with Gasteiger partial charge >= 0.3 is 0 Å². The number of carbonyl (C=O) groups is 2. The molecule has 1 saturated carbocycles. The maximum absolute atomic E-state index is 13.9. The Bertz CT molecular complexity index is 1240. The molecular weight excluding hydrogens is 506 g/mol. The molecule has 4 rings (SSSR count). The predicted molar refractivity (Wildman–Crippen MR) is 146 cm³/mol. The van der Waals surface area contributed by atoms with Crippen LogP contribution in [0.4, 0.5) is 5.69 Å². The second-order valence-electron chi connectivity index (χ2n) is 10.0. The van der Waals surface area contributed by atoms with Crippen LogP contribution < -0.4 is 19.1 Å². The summed E-state index contributed by atoms with van der Waals surface area (Å²) >= 11 is 0. The van der Waals surface area contributed by atoms with E-state index in [1.165, 1.54) is 4.90 Å². The first-order valence-corrected chi connectivity index (χ1v) is 15.0. The van der Waals surface area contributed by atoms with Crippen molar-refractivity contribution in [2.45, 2.75) is 64.6 Å². The first-order chi connectivity index (χ1) is 18.2. The molecule has 0 saturated heterocycles. The van der Waals surface area contributed by atoms with Crippen molar-refractivity contribution in [3.8, 4) is 11.5 Å². The molecule has 2 aliphatic rings. The van der Waals surface area contributed by atoms with Crippen LogP contribution in [0.3, 0.4) is 0 Å². The molecule has 2 amide bonds. The molecule has 38 heavy (non-hydrogen) atoms. The summed E-state index contributed by atoms with van der Waals surface area (Å²) in [5.74, 6) is 0.286. The van der Waals surface area contributed by atoms with Crippen molar-refractivity contribution in [1.82, 2.24) is 10.2 Å². The van der Waals surface area contributed by atoms with Gasteiger partial charge in [-0.3, -0.25) is 13.9 Å². The highest BCUT2D eigenvalue weighted by Gasteiger charge is 2.33. The predicted octanol–water partition coefficient (Wildman–Crippen LogP) is 3.40. The maximum atomic E-state index is 13.9. The number of anilines is 1. The fourth-order valence-corrected chi connectivity index (χ4v) is 5.82. The van der Waals surface area contributed by atoms with Gasteiger partial charge in [0.2, 0.25) is 21.8 Å². The van der Waals surface area contributed by atoms with Crippen LogP contribution in [-0.2, 0) is 26.2 Å². The molecule has 2 aromatic rings. The monoisotopic (exact) mass is 543 g/mol. The smallest absolute Gasteiger partial charge is 0.244 e. The van der Waals surface area contributed by atoms with Crippen LogP contribution in [0.5, 0.6) is 11.5 Å². The van der Waals surface area contributed by atoms with Crippen molar-refractivity contribution >= 4 is 27.5 Å². The number of fused-ring (bicyclic) bond motifs is 1. The molecule has 0 bridgehead atoms. The molecule has 0 unspecified atom stereocenters. The highest BCUT2D eigenvalue weighted by molar-refractivity contribution is 7.92. The second kappa shape index (κ2) is 12.1. The third-order valence-corrected chi connectivity index (χ3v) is 8.19. The largest absolute Gasteiger partial charge is 0.486 e. The highest BCUT2D eigenvalue weighted by Crippen LogP contribution is 2.34. The summed E-state index contributed by atoms with van der Waals surface area (Å²) in [4.78, 5) is 28.7. The van der Waals surface area contributed by atoms with Gasteiger partial charge in [0.15, 0.2) is 11.5 Å². The minimum atomic E-state index is -3.83. The van der Waals surface area contributed by atoms with Crippen LogP contribution in [-0.4, -0.2) is 63.2 Å². The Morgan fingerprint density at radius 2 is 1.68 bits per heavy atom. The quantitative estimate of drug-likeness (QED) is 0.493. The van der Waals surface area contributed by atoms with Gasteiger partial charge in [-0.2, -0.15) is 0 Å². The molecule has 1 aliphatic heterocycles. The fraction of sp³-hybridized carbons (Fsp3) is 0.500. The van der Waals surface area contributed by atoms with Crippen molar-refractivity contribution in [2.24, 2.45) is 0 Å². The van der Waals surface area contributed by atoms with E-state index in [9.17, 15) is 18.0 Å². The molecule has 1 atom stereocenters. The Morgan fingerprint density at radius 3 is 2.32 bits per heavy atom. The Hall–Kier alpha value is -3.27. The number of hydrogen-bond acceptors (Lipinski definition) is 6. The molecule has 0 spiro atoms. The molecule has 9 nitrogen and oxygen atoms in total. The lowest BCUT2D eigenvalue weighted by molar-refractivity contribution is -0.140. The van der Waals surface area contributed by atoms with Crippen molar-refractivity contribution in [2.75, 3.05) is 30.3 Å². The fourth-order valence-electron chi connectivity index (χ4n) is 4.98. The molecule has 0 aromatic heterocycles. The van der Waals surface area contributed by atoms with E-state index < -0.39 is 28.5 Å².